The molecule has 0 radical (unpaired) electrons. The van der Waals surface area contributed by atoms with E-state index in [-0.39, 0.29) is 12.5 Å². The average molecular weight is 372 g/mol. The quantitative estimate of drug-likeness (QED) is 0.896. The molecule has 1 aromatic heterocycles. The number of hydrogen-bond donors (Lipinski definition) is 1. The van der Waals surface area contributed by atoms with Gasteiger partial charge in [0.05, 0.1) is 25.4 Å². The van der Waals surface area contributed by atoms with Gasteiger partial charge in [-0.3, -0.25) is 10.1 Å². The molecule has 25 heavy (non-hydrogen) atoms. The van der Waals surface area contributed by atoms with Gasteiger partial charge < -0.3 is 9.47 Å². The van der Waals surface area contributed by atoms with Gasteiger partial charge in [0, 0.05) is 17.5 Å². The SMILES string of the molecule is O=C(Nc1ncc(Cc2ccc(C(F)(F)F)cc2)s1)C1COCCO1. The topological polar surface area (TPSA) is 60.5 Å². The summed E-state index contributed by atoms with van der Waals surface area (Å²) in [5, 5.41) is 3.08. The highest BCUT2D eigenvalue weighted by Gasteiger charge is 2.30. The van der Waals surface area contributed by atoms with E-state index in [2.05, 4.69) is 10.3 Å². The van der Waals surface area contributed by atoms with Gasteiger partial charge in [0.1, 0.15) is 0 Å². The highest BCUT2D eigenvalue weighted by atomic mass is 32.1. The van der Waals surface area contributed by atoms with E-state index in [1.807, 2.05) is 0 Å². The minimum absolute atomic E-state index is 0.204. The van der Waals surface area contributed by atoms with Crippen molar-refractivity contribution in [3.05, 3.63) is 46.5 Å². The maximum absolute atomic E-state index is 12.6. The second kappa shape index (κ2) is 7.51. The van der Waals surface area contributed by atoms with Gasteiger partial charge in [-0.05, 0) is 17.7 Å². The van der Waals surface area contributed by atoms with E-state index in [1.165, 1.54) is 23.5 Å². The molecule has 1 aromatic carbocycles. The summed E-state index contributed by atoms with van der Waals surface area (Å²) in [5.41, 5.74) is 0.0572. The Kier molecular flexibility index (Phi) is 5.36. The van der Waals surface area contributed by atoms with Crippen molar-refractivity contribution in [2.24, 2.45) is 0 Å². The van der Waals surface area contributed by atoms with Crippen LogP contribution in [0.15, 0.2) is 30.5 Å². The zero-order valence-corrected chi connectivity index (χ0v) is 13.8. The van der Waals surface area contributed by atoms with Gasteiger partial charge in [0.15, 0.2) is 11.2 Å². The Balaban J connectivity index is 1.59. The van der Waals surface area contributed by atoms with E-state index in [1.54, 1.807) is 6.20 Å². The number of hydrogen-bond acceptors (Lipinski definition) is 5. The zero-order valence-electron chi connectivity index (χ0n) is 13.0. The number of rotatable bonds is 4. The molecule has 1 aliphatic heterocycles. The third kappa shape index (κ3) is 4.77. The van der Waals surface area contributed by atoms with Crippen LogP contribution in [-0.4, -0.2) is 36.8 Å². The standard InChI is InChI=1S/C16H15F3N2O3S/c17-16(18,19)11-3-1-10(2-4-11)7-12-8-20-15(25-12)21-14(22)13-9-23-5-6-24-13/h1-4,8,13H,5-7,9H2,(H,20,21,22). The molecule has 0 spiro atoms. The summed E-state index contributed by atoms with van der Waals surface area (Å²) in [6.07, 6.45) is -2.97. The van der Waals surface area contributed by atoms with Gasteiger partial charge >= 0.3 is 6.18 Å². The van der Waals surface area contributed by atoms with E-state index in [9.17, 15) is 18.0 Å². The molecule has 1 unspecified atom stereocenters. The van der Waals surface area contributed by atoms with E-state index in [0.29, 0.717) is 24.8 Å². The molecule has 134 valence electrons. The van der Waals surface area contributed by atoms with Crippen molar-refractivity contribution >= 4 is 22.4 Å². The first-order chi connectivity index (χ1) is 11.9. The van der Waals surface area contributed by atoms with Crippen molar-refractivity contribution in [1.82, 2.24) is 4.98 Å². The molecule has 9 heteroatoms. The smallest absolute Gasteiger partial charge is 0.376 e. The van der Waals surface area contributed by atoms with Gasteiger partial charge in [0.2, 0.25) is 0 Å². The number of benzene rings is 1. The first kappa shape index (κ1) is 17.8. The molecule has 5 nitrogen and oxygen atoms in total. The Morgan fingerprint density at radius 3 is 2.68 bits per heavy atom. The van der Waals surface area contributed by atoms with Gasteiger partial charge in [-0.15, -0.1) is 11.3 Å². The summed E-state index contributed by atoms with van der Waals surface area (Å²) in [6.45, 7) is 1.04. The first-order valence-electron chi connectivity index (χ1n) is 7.53. The number of thiazole rings is 1. The van der Waals surface area contributed by atoms with E-state index < -0.39 is 17.8 Å². The second-order valence-electron chi connectivity index (χ2n) is 5.43. The summed E-state index contributed by atoms with van der Waals surface area (Å²) < 4.78 is 48.1. The molecular weight excluding hydrogens is 357 g/mol. The third-order valence-corrected chi connectivity index (χ3v) is 4.46. The molecule has 1 saturated heterocycles. The van der Waals surface area contributed by atoms with Gasteiger partial charge in [-0.2, -0.15) is 13.2 Å². The Bertz CT molecular complexity index is 725. The van der Waals surface area contributed by atoms with Crippen LogP contribution in [0.1, 0.15) is 16.0 Å². The van der Waals surface area contributed by atoms with Crippen molar-refractivity contribution in [3.63, 3.8) is 0 Å². The molecule has 2 heterocycles. The highest BCUT2D eigenvalue weighted by Crippen LogP contribution is 2.30. The number of amides is 1. The van der Waals surface area contributed by atoms with Gasteiger partial charge in [-0.25, -0.2) is 4.98 Å². The van der Waals surface area contributed by atoms with Gasteiger partial charge in [-0.1, -0.05) is 12.1 Å². The largest absolute Gasteiger partial charge is 0.416 e. The van der Waals surface area contributed by atoms with Crippen molar-refractivity contribution in [3.8, 4) is 0 Å². The molecule has 1 N–H and O–H groups in total. The van der Waals surface area contributed by atoms with Crippen LogP contribution in [0, 0.1) is 0 Å². The second-order valence-corrected chi connectivity index (χ2v) is 6.54. The van der Waals surface area contributed by atoms with Crippen molar-refractivity contribution in [1.29, 1.82) is 0 Å². The number of aromatic nitrogens is 1. The number of nitrogens with one attached hydrogen (secondary N) is 1. The summed E-state index contributed by atoms with van der Waals surface area (Å²) in [7, 11) is 0. The predicted molar refractivity (Wildman–Crippen MR) is 85.6 cm³/mol. The number of carbonyl (C=O) groups is 1. The van der Waals surface area contributed by atoms with Crippen LogP contribution >= 0.6 is 11.3 Å². The maximum Gasteiger partial charge on any atom is 0.416 e. The molecule has 1 amide bonds. The van der Waals surface area contributed by atoms with E-state index in [0.717, 1.165) is 22.6 Å². The lowest BCUT2D eigenvalue weighted by molar-refractivity contribution is -0.142. The number of anilines is 1. The lowest BCUT2D eigenvalue weighted by Crippen LogP contribution is -2.39. The number of ether oxygens (including phenoxy) is 2. The number of halogens is 3. The van der Waals surface area contributed by atoms with Crippen molar-refractivity contribution in [2.75, 3.05) is 25.1 Å². The van der Waals surface area contributed by atoms with Crippen LogP contribution in [0.3, 0.4) is 0 Å². The fraction of sp³-hybridized carbons (Fsp3) is 0.375. The average Bonchev–Trinajstić information content (AvgIpc) is 3.02. The Morgan fingerprint density at radius 1 is 1.28 bits per heavy atom. The molecular formula is C16H15F3N2O3S. The summed E-state index contributed by atoms with van der Waals surface area (Å²) in [4.78, 5) is 17.0. The summed E-state index contributed by atoms with van der Waals surface area (Å²) in [5.74, 6) is -0.324. The number of carbonyl (C=O) groups excluding carboxylic acids is 1. The molecule has 3 rings (SSSR count). The summed E-state index contributed by atoms with van der Waals surface area (Å²) in [6, 6.07) is 4.99. The number of nitrogens with zero attached hydrogens (tertiary/aromatic N) is 1. The first-order valence-corrected chi connectivity index (χ1v) is 8.34. The van der Waals surface area contributed by atoms with Gasteiger partial charge in [0.25, 0.3) is 5.91 Å². The van der Waals surface area contributed by atoms with E-state index in [4.69, 9.17) is 9.47 Å². The monoisotopic (exact) mass is 372 g/mol. The molecule has 1 atom stereocenters. The van der Waals surface area contributed by atoms with Crippen LogP contribution < -0.4 is 5.32 Å². The summed E-state index contributed by atoms with van der Waals surface area (Å²) >= 11 is 1.27. The number of alkyl halides is 3. The van der Waals surface area contributed by atoms with Crippen molar-refractivity contribution in [2.45, 2.75) is 18.7 Å². The van der Waals surface area contributed by atoms with E-state index >= 15 is 0 Å². The molecule has 0 aliphatic carbocycles. The maximum atomic E-state index is 12.6. The Morgan fingerprint density at radius 2 is 2.04 bits per heavy atom. The van der Waals surface area contributed by atoms with Crippen LogP contribution in [0.4, 0.5) is 18.3 Å². The predicted octanol–water partition coefficient (Wildman–Crippen LogP) is 3.11. The molecule has 1 fully saturated rings. The highest BCUT2D eigenvalue weighted by molar-refractivity contribution is 7.15. The minimum Gasteiger partial charge on any atom is -0.376 e. The van der Waals surface area contributed by atoms with Crippen LogP contribution in [0.5, 0.6) is 0 Å². The third-order valence-electron chi connectivity index (χ3n) is 3.55. The fourth-order valence-electron chi connectivity index (χ4n) is 2.28. The lowest BCUT2D eigenvalue weighted by Gasteiger charge is -2.21. The van der Waals surface area contributed by atoms with Crippen LogP contribution in [0.25, 0.3) is 0 Å². The lowest BCUT2D eigenvalue weighted by atomic mass is 10.1. The molecule has 0 saturated carbocycles. The zero-order chi connectivity index (χ0) is 17.9. The Hall–Kier alpha value is -1.97. The molecule has 1 aliphatic rings. The molecule has 0 bridgehead atoms. The Labute approximate surface area is 145 Å². The molecule has 2 aromatic rings. The van der Waals surface area contributed by atoms with Crippen molar-refractivity contribution < 1.29 is 27.4 Å². The fourth-order valence-corrected chi connectivity index (χ4v) is 3.13. The van der Waals surface area contributed by atoms with Crippen LogP contribution in [-0.2, 0) is 26.9 Å². The van der Waals surface area contributed by atoms with Crippen LogP contribution in [0.2, 0.25) is 0 Å². The minimum atomic E-state index is -4.34. The normalized spacial score (nSPS) is 18.1.